The largest absolute Gasteiger partial charge is 0.339 e. The van der Waals surface area contributed by atoms with Gasteiger partial charge in [-0.25, -0.2) is 0 Å². The number of fused-ring (bicyclic) bond motifs is 6. The Balaban J connectivity index is 1.66. The van der Waals surface area contributed by atoms with Crippen LogP contribution in [-0.4, -0.2) is 4.68 Å². The van der Waals surface area contributed by atoms with Crippen molar-refractivity contribution < 1.29 is 0 Å². The highest BCUT2D eigenvalue weighted by atomic mass is 15.3. The van der Waals surface area contributed by atoms with Gasteiger partial charge in [-0.3, -0.25) is 4.68 Å². The second-order valence-electron chi connectivity index (χ2n) is 7.27. The normalized spacial score (nSPS) is 13.2. The third-order valence-corrected chi connectivity index (χ3v) is 5.90. The zero-order chi connectivity index (χ0) is 18.0. The molecule has 0 fully saturated rings. The summed E-state index contributed by atoms with van der Waals surface area (Å²) < 4.78 is 1.80. The van der Waals surface area contributed by atoms with Crippen LogP contribution in [0.3, 0.4) is 0 Å². The molecule has 2 nitrogen and oxygen atoms in total. The van der Waals surface area contributed by atoms with Crippen molar-refractivity contribution in [3.63, 3.8) is 0 Å². The third kappa shape index (κ3) is 1.90. The fourth-order valence-electron chi connectivity index (χ4n) is 4.71. The second-order valence-corrected chi connectivity index (χ2v) is 7.27. The number of hydrogen-bond acceptors (Lipinski definition) is 1. The molecule has 1 heterocycles. The molecule has 2 heteroatoms. The van der Waals surface area contributed by atoms with Gasteiger partial charge in [-0.1, -0.05) is 72.8 Å². The van der Waals surface area contributed by atoms with Crippen LogP contribution in [0.5, 0.6) is 0 Å². The van der Waals surface area contributed by atoms with Crippen LogP contribution >= 0.6 is 0 Å². The fraction of sp³-hybridized carbons (Fsp3) is 0.0400. The Morgan fingerprint density at radius 2 is 1.19 bits per heavy atom. The number of benzene rings is 4. The Hall–Kier alpha value is -3.52. The van der Waals surface area contributed by atoms with Gasteiger partial charge in [0.25, 0.3) is 0 Å². The van der Waals surface area contributed by atoms with E-state index in [1.807, 2.05) is 6.07 Å². The van der Waals surface area contributed by atoms with E-state index in [0.717, 1.165) is 11.0 Å². The maximum atomic E-state index is 6.35. The van der Waals surface area contributed by atoms with Crippen molar-refractivity contribution in [2.45, 2.75) is 5.92 Å². The van der Waals surface area contributed by atoms with E-state index in [1.54, 1.807) is 4.68 Å². The molecule has 2 N–H and O–H groups in total. The minimum atomic E-state index is 0.265. The van der Waals surface area contributed by atoms with E-state index in [-0.39, 0.29) is 5.92 Å². The standard InChI is InChI=1S/C25H18N2/c26-27-23-12-6-5-9-19(23)22-15-16(13-14-24(22)27)25-20-10-3-1-7-17(20)18-8-2-4-11-21(18)25/h1-15,25H,26H2. The summed E-state index contributed by atoms with van der Waals surface area (Å²) in [7, 11) is 0. The highest BCUT2D eigenvalue weighted by Gasteiger charge is 2.29. The number of nitrogens with two attached hydrogens (primary N) is 1. The number of para-hydroxylation sites is 1. The molecule has 0 radical (unpaired) electrons. The van der Waals surface area contributed by atoms with Crippen molar-refractivity contribution in [3.8, 4) is 11.1 Å². The first-order chi connectivity index (χ1) is 13.3. The zero-order valence-electron chi connectivity index (χ0n) is 14.8. The van der Waals surface area contributed by atoms with E-state index in [2.05, 4.69) is 84.9 Å². The predicted molar refractivity (Wildman–Crippen MR) is 112 cm³/mol. The Kier molecular flexibility index (Phi) is 2.84. The minimum absolute atomic E-state index is 0.265. The molecule has 1 aliphatic rings. The molecule has 5 aromatic rings. The van der Waals surface area contributed by atoms with Gasteiger partial charge in [-0.05, 0) is 46.0 Å². The van der Waals surface area contributed by atoms with Crippen molar-refractivity contribution in [3.05, 3.63) is 108 Å². The topological polar surface area (TPSA) is 30.9 Å². The summed E-state index contributed by atoms with van der Waals surface area (Å²) in [4.78, 5) is 0. The van der Waals surface area contributed by atoms with Crippen LogP contribution in [0.1, 0.15) is 22.6 Å². The molecule has 128 valence electrons. The summed E-state index contributed by atoms with van der Waals surface area (Å²) in [5.74, 6) is 6.61. The van der Waals surface area contributed by atoms with Gasteiger partial charge in [-0.15, -0.1) is 0 Å². The van der Waals surface area contributed by atoms with Gasteiger partial charge in [0.15, 0.2) is 0 Å². The first-order valence-electron chi connectivity index (χ1n) is 9.29. The van der Waals surface area contributed by atoms with Crippen molar-refractivity contribution >= 4 is 21.8 Å². The Bertz CT molecular complexity index is 1300. The number of aromatic nitrogens is 1. The summed E-state index contributed by atoms with van der Waals surface area (Å²) in [5, 5.41) is 2.42. The smallest absolute Gasteiger partial charge is 0.0703 e. The number of nitrogen functional groups attached to an aromatic ring is 1. The van der Waals surface area contributed by atoms with Crippen molar-refractivity contribution in [1.82, 2.24) is 4.68 Å². The second kappa shape index (κ2) is 5.24. The molecule has 0 unspecified atom stereocenters. The average molecular weight is 346 g/mol. The maximum Gasteiger partial charge on any atom is 0.0703 e. The van der Waals surface area contributed by atoms with Crippen LogP contribution in [0.15, 0.2) is 91.0 Å². The summed E-state index contributed by atoms with van der Waals surface area (Å²) in [6, 6.07) is 32.6. The van der Waals surface area contributed by atoms with Gasteiger partial charge in [0, 0.05) is 16.7 Å². The van der Waals surface area contributed by atoms with Crippen molar-refractivity contribution in [2.75, 3.05) is 5.84 Å². The molecule has 1 aromatic heterocycles. The fourth-order valence-corrected chi connectivity index (χ4v) is 4.71. The van der Waals surface area contributed by atoms with Crippen LogP contribution < -0.4 is 5.84 Å². The number of hydrogen-bond donors (Lipinski definition) is 1. The van der Waals surface area contributed by atoms with E-state index in [1.165, 1.54) is 38.6 Å². The van der Waals surface area contributed by atoms with E-state index in [4.69, 9.17) is 5.84 Å². The van der Waals surface area contributed by atoms with Gasteiger partial charge in [0.1, 0.15) is 0 Å². The molecular formula is C25H18N2. The number of nitrogens with zero attached hydrogens (tertiary/aromatic N) is 1. The van der Waals surface area contributed by atoms with Crippen LogP contribution in [0.2, 0.25) is 0 Å². The SMILES string of the molecule is Nn1c2ccccc2c2cc(C3c4ccccc4-c4ccccc43)ccc21. The molecule has 0 saturated heterocycles. The lowest BCUT2D eigenvalue weighted by Crippen LogP contribution is -2.06. The molecule has 0 atom stereocenters. The summed E-state index contributed by atoms with van der Waals surface area (Å²) in [6.45, 7) is 0. The predicted octanol–water partition coefficient (Wildman–Crippen LogP) is 5.67. The van der Waals surface area contributed by atoms with E-state index >= 15 is 0 Å². The van der Waals surface area contributed by atoms with E-state index in [0.29, 0.717) is 0 Å². The average Bonchev–Trinajstić information content (AvgIpc) is 3.21. The minimum Gasteiger partial charge on any atom is -0.339 e. The third-order valence-electron chi connectivity index (χ3n) is 5.90. The van der Waals surface area contributed by atoms with Gasteiger partial charge >= 0.3 is 0 Å². The molecule has 6 rings (SSSR count). The van der Waals surface area contributed by atoms with Crippen molar-refractivity contribution in [1.29, 1.82) is 0 Å². The zero-order valence-corrected chi connectivity index (χ0v) is 14.8. The molecule has 0 aliphatic heterocycles. The molecule has 1 aliphatic carbocycles. The van der Waals surface area contributed by atoms with E-state index < -0.39 is 0 Å². The molecule has 0 spiro atoms. The summed E-state index contributed by atoms with van der Waals surface area (Å²) in [5.41, 5.74) is 8.91. The van der Waals surface area contributed by atoms with Gasteiger partial charge in [-0.2, -0.15) is 0 Å². The first-order valence-corrected chi connectivity index (χ1v) is 9.29. The summed E-state index contributed by atoms with van der Waals surface area (Å²) in [6.07, 6.45) is 0. The van der Waals surface area contributed by atoms with Crippen LogP contribution in [0, 0.1) is 0 Å². The molecule has 4 aromatic carbocycles. The molecular weight excluding hydrogens is 328 g/mol. The van der Waals surface area contributed by atoms with Crippen LogP contribution in [0.4, 0.5) is 0 Å². The molecule has 0 amide bonds. The van der Waals surface area contributed by atoms with Crippen LogP contribution in [-0.2, 0) is 0 Å². The quantitative estimate of drug-likeness (QED) is 0.382. The van der Waals surface area contributed by atoms with Gasteiger partial charge in [0.05, 0.1) is 11.0 Å². The summed E-state index contributed by atoms with van der Waals surface area (Å²) >= 11 is 0. The van der Waals surface area contributed by atoms with E-state index in [9.17, 15) is 0 Å². The maximum absolute atomic E-state index is 6.35. The number of rotatable bonds is 1. The van der Waals surface area contributed by atoms with Crippen LogP contribution in [0.25, 0.3) is 32.9 Å². The molecule has 0 saturated carbocycles. The van der Waals surface area contributed by atoms with Crippen molar-refractivity contribution in [2.24, 2.45) is 0 Å². The highest BCUT2D eigenvalue weighted by Crippen LogP contribution is 2.48. The lowest BCUT2D eigenvalue weighted by atomic mass is 9.88. The first kappa shape index (κ1) is 14.6. The Morgan fingerprint density at radius 3 is 1.93 bits per heavy atom. The molecule has 27 heavy (non-hydrogen) atoms. The van der Waals surface area contributed by atoms with Gasteiger partial charge in [0.2, 0.25) is 0 Å². The Labute approximate surface area is 157 Å². The monoisotopic (exact) mass is 346 g/mol. The highest BCUT2D eigenvalue weighted by molar-refractivity contribution is 6.08. The Morgan fingerprint density at radius 1 is 0.593 bits per heavy atom. The van der Waals surface area contributed by atoms with Gasteiger partial charge < -0.3 is 5.84 Å². The lowest BCUT2D eigenvalue weighted by molar-refractivity contribution is 1.02. The lowest BCUT2D eigenvalue weighted by Gasteiger charge is -2.14. The molecule has 0 bridgehead atoms.